The third-order valence-corrected chi connectivity index (χ3v) is 5.40. The lowest BCUT2D eigenvalue weighted by Gasteiger charge is -2.25. The van der Waals surface area contributed by atoms with Crippen molar-refractivity contribution in [3.05, 3.63) is 46.3 Å². The number of amides is 1. The Kier molecular flexibility index (Phi) is 2.63. The number of benzene rings is 1. The Morgan fingerprint density at radius 1 is 1.35 bits per heavy atom. The van der Waals surface area contributed by atoms with Crippen LogP contribution in [-0.2, 0) is 0 Å². The molecule has 2 fully saturated rings. The lowest BCUT2D eigenvalue weighted by atomic mass is 10.2. The maximum Gasteiger partial charge on any atom is 0.290 e. The van der Waals surface area contributed by atoms with Gasteiger partial charge < -0.3 is 9.32 Å². The molecule has 2 saturated heterocycles. The first kappa shape index (κ1) is 12.0. The van der Waals surface area contributed by atoms with Crippen LogP contribution in [0.1, 0.15) is 17.0 Å². The Hall–Kier alpha value is -1.75. The van der Waals surface area contributed by atoms with E-state index >= 15 is 0 Å². The summed E-state index contributed by atoms with van der Waals surface area (Å²) in [5.41, 5.74) is 0.316. The Morgan fingerprint density at radius 3 is 2.95 bits per heavy atom. The highest BCUT2D eigenvalue weighted by Gasteiger charge is 2.41. The van der Waals surface area contributed by atoms with Gasteiger partial charge in [-0.15, -0.1) is 0 Å². The molecule has 2 bridgehead atoms. The van der Waals surface area contributed by atoms with Crippen molar-refractivity contribution in [3.8, 4) is 0 Å². The number of nitrogens with zero attached hydrogens (tertiary/aromatic N) is 1. The second-order valence-corrected chi connectivity index (χ2v) is 6.61. The van der Waals surface area contributed by atoms with Crippen molar-refractivity contribution in [2.75, 3.05) is 12.3 Å². The van der Waals surface area contributed by atoms with Gasteiger partial charge in [-0.3, -0.25) is 9.59 Å². The smallest absolute Gasteiger partial charge is 0.290 e. The van der Waals surface area contributed by atoms with Crippen molar-refractivity contribution in [2.45, 2.75) is 17.7 Å². The van der Waals surface area contributed by atoms with Gasteiger partial charge in [0, 0.05) is 29.7 Å². The van der Waals surface area contributed by atoms with E-state index in [1.54, 1.807) is 24.3 Å². The molecular weight excluding hydrogens is 274 g/mol. The average Bonchev–Trinajstić information content (AvgIpc) is 3.09. The van der Waals surface area contributed by atoms with E-state index < -0.39 is 0 Å². The van der Waals surface area contributed by atoms with Crippen molar-refractivity contribution in [1.82, 2.24) is 4.90 Å². The fraction of sp³-hybridized carbons (Fsp3) is 0.333. The van der Waals surface area contributed by atoms with Crippen LogP contribution in [0.4, 0.5) is 0 Å². The van der Waals surface area contributed by atoms with E-state index in [1.165, 1.54) is 6.07 Å². The SMILES string of the molecule is O=C(c1cc(=O)c2ccccc2o1)N1CC2CC1CS2. The van der Waals surface area contributed by atoms with E-state index in [-0.39, 0.29) is 17.1 Å². The number of para-hydroxylation sites is 1. The van der Waals surface area contributed by atoms with E-state index in [0.29, 0.717) is 22.3 Å². The van der Waals surface area contributed by atoms with Crippen LogP contribution in [0.15, 0.2) is 39.5 Å². The summed E-state index contributed by atoms with van der Waals surface area (Å²) in [5.74, 6) is 1.00. The minimum Gasteiger partial charge on any atom is -0.451 e. The predicted octanol–water partition coefficient (Wildman–Crippen LogP) is 2.12. The number of fused-ring (bicyclic) bond motifs is 3. The normalized spacial score (nSPS) is 24.5. The predicted molar refractivity (Wildman–Crippen MR) is 78.2 cm³/mol. The highest BCUT2D eigenvalue weighted by Crippen LogP contribution is 2.38. The molecule has 2 aromatic rings. The van der Waals surface area contributed by atoms with Crippen molar-refractivity contribution in [1.29, 1.82) is 0 Å². The quantitative estimate of drug-likeness (QED) is 0.806. The highest BCUT2D eigenvalue weighted by atomic mass is 32.2. The number of carbonyl (C=O) groups excluding carboxylic acids is 1. The number of carbonyl (C=O) groups is 1. The summed E-state index contributed by atoms with van der Waals surface area (Å²) in [6, 6.07) is 8.65. The van der Waals surface area contributed by atoms with Crippen molar-refractivity contribution < 1.29 is 9.21 Å². The fourth-order valence-corrected chi connectivity index (χ4v) is 4.43. The van der Waals surface area contributed by atoms with Crippen LogP contribution in [0.5, 0.6) is 0 Å². The first-order valence-electron chi connectivity index (χ1n) is 6.68. The number of thioether (sulfide) groups is 1. The standard InChI is InChI=1S/C15H13NO3S/c17-12-6-14(19-13-4-2-1-3-11(12)13)15(18)16-7-10-5-9(16)8-20-10/h1-4,6,9-10H,5,7-8H2. The molecule has 0 N–H and O–H groups in total. The van der Waals surface area contributed by atoms with Gasteiger partial charge in [0.15, 0.2) is 11.2 Å². The minimum atomic E-state index is -0.158. The monoisotopic (exact) mass is 287 g/mol. The second-order valence-electron chi connectivity index (χ2n) is 5.27. The van der Waals surface area contributed by atoms with E-state index in [0.717, 1.165) is 18.7 Å². The summed E-state index contributed by atoms with van der Waals surface area (Å²) in [4.78, 5) is 26.4. The first-order valence-corrected chi connectivity index (χ1v) is 7.73. The number of rotatable bonds is 1. The maximum atomic E-state index is 12.5. The van der Waals surface area contributed by atoms with Gasteiger partial charge >= 0.3 is 0 Å². The average molecular weight is 287 g/mol. The van der Waals surface area contributed by atoms with E-state index in [1.807, 2.05) is 16.7 Å². The van der Waals surface area contributed by atoms with Gasteiger partial charge in [-0.05, 0) is 18.6 Å². The Labute approximate surface area is 119 Å². The molecule has 4 rings (SSSR count). The molecule has 2 atom stereocenters. The maximum absolute atomic E-state index is 12.5. The molecule has 0 aliphatic carbocycles. The summed E-state index contributed by atoms with van der Waals surface area (Å²) >= 11 is 1.93. The zero-order valence-electron chi connectivity index (χ0n) is 10.7. The fourth-order valence-electron chi connectivity index (χ4n) is 3.00. The largest absolute Gasteiger partial charge is 0.451 e. The molecule has 4 nitrogen and oxygen atoms in total. The molecule has 0 spiro atoms. The number of likely N-dealkylation sites (tertiary alicyclic amines) is 1. The van der Waals surface area contributed by atoms with Crippen LogP contribution < -0.4 is 5.43 Å². The van der Waals surface area contributed by atoms with Crippen molar-refractivity contribution >= 4 is 28.6 Å². The molecule has 20 heavy (non-hydrogen) atoms. The van der Waals surface area contributed by atoms with E-state index in [4.69, 9.17) is 4.42 Å². The van der Waals surface area contributed by atoms with Crippen LogP contribution in [0.2, 0.25) is 0 Å². The molecular formula is C15H13NO3S. The Balaban J connectivity index is 1.75. The molecule has 102 valence electrons. The molecule has 1 aromatic heterocycles. The molecule has 1 amide bonds. The minimum absolute atomic E-state index is 0.152. The summed E-state index contributed by atoms with van der Waals surface area (Å²) in [6.07, 6.45) is 1.06. The topological polar surface area (TPSA) is 50.5 Å². The molecule has 2 aliphatic heterocycles. The second kappa shape index (κ2) is 4.38. The van der Waals surface area contributed by atoms with Crippen LogP contribution in [-0.4, -0.2) is 34.4 Å². The third kappa shape index (κ3) is 1.77. The summed E-state index contributed by atoms with van der Waals surface area (Å²) in [7, 11) is 0. The van der Waals surface area contributed by atoms with Gasteiger partial charge in [0.25, 0.3) is 5.91 Å². The number of hydrogen-bond acceptors (Lipinski definition) is 4. The molecule has 0 radical (unpaired) electrons. The first-order chi connectivity index (χ1) is 9.72. The van der Waals surface area contributed by atoms with Gasteiger partial charge in [-0.1, -0.05) is 12.1 Å². The van der Waals surface area contributed by atoms with E-state index in [9.17, 15) is 9.59 Å². The van der Waals surface area contributed by atoms with E-state index in [2.05, 4.69) is 0 Å². The van der Waals surface area contributed by atoms with Gasteiger partial charge in [-0.25, -0.2) is 0 Å². The van der Waals surface area contributed by atoms with Crippen LogP contribution in [0, 0.1) is 0 Å². The Bertz CT molecular complexity index is 754. The Morgan fingerprint density at radius 2 is 2.20 bits per heavy atom. The molecule has 2 aliphatic rings. The zero-order valence-corrected chi connectivity index (χ0v) is 11.6. The molecule has 1 aromatic carbocycles. The van der Waals surface area contributed by atoms with Crippen LogP contribution in [0.25, 0.3) is 11.0 Å². The summed E-state index contributed by atoms with van der Waals surface area (Å²) in [6.45, 7) is 0.769. The zero-order chi connectivity index (χ0) is 13.7. The molecule has 0 saturated carbocycles. The molecule has 3 heterocycles. The van der Waals surface area contributed by atoms with Gasteiger partial charge in [0.05, 0.1) is 5.39 Å². The molecule has 5 heteroatoms. The molecule has 2 unspecified atom stereocenters. The van der Waals surface area contributed by atoms with Crippen LogP contribution in [0.3, 0.4) is 0 Å². The van der Waals surface area contributed by atoms with Gasteiger partial charge in [0.1, 0.15) is 5.58 Å². The summed E-state index contributed by atoms with van der Waals surface area (Å²) in [5, 5.41) is 1.07. The van der Waals surface area contributed by atoms with Crippen molar-refractivity contribution in [2.24, 2.45) is 0 Å². The van der Waals surface area contributed by atoms with Crippen LogP contribution >= 0.6 is 11.8 Å². The third-order valence-electron chi connectivity index (χ3n) is 4.01. The highest BCUT2D eigenvalue weighted by molar-refractivity contribution is 8.00. The lowest BCUT2D eigenvalue weighted by Crippen LogP contribution is -2.39. The summed E-state index contributed by atoms with van der Waals surface area (Å²) < 4.78 is 5.63. The van der Waals surface area contributed by atoms with Gasteiger partial charge in [0.2, 0.25) is 0 Å². The van der Waals surface area contributed by atoms with Gasteiger partial charge in [-0.2, -0.15) is 11.8 Å². The van der Waals surface area contributed by atoms with Crippen molar-refractivity contribution in [3.63, 3.8) is 0 Å². The lowest BCUT2D eigenvalue weighted by molar-refractivity contribution is 0.0716. The number of hydrogen-bond donors (Lipinski definition) is 0.